The van der Waals surface area contributed by atoms with Crippen molar-refractivity contribution < 1.29 is 9.59 Å². The highest BCUT2D eigenvalue weighted by Gasteiger charge is 2.18. The molecule has 8 heteroatoms. The number of nitrogens with one attached hydrogen (secondary N) is 2. The van der Waals surface area contributed by atoms with Crippen molar-refractivity contribution in [3.8, 4) is 11.3 Å². The second-order valence-electron chi connectivity index (χ2n) is 5.60. The Kier molecular flexibility index (Phi) is 4.34. The quantitative estimate of drug-likeness (QED) is 0.658. The lowest BCUT2D eigenvalue weighted by molar-refractivity contribution is 0.0995. The maximum Gasteiger partial charge on any atom is 0.273 e. The molecule has 0 aliphatic heterocycles. The summed E-state index contributed by atoms with van der Waals surface area (Å²) in [5.74, 6) is -1.13. The van der Waals surface area contributed by atoms with Crippen LogP contribution in [0.1, 0.15) is 33.5 Å². The van der Waals surface area contributed by atoms with Crippen molar-refractivity contribution in [2.75, 3.05) is 5.32 Å². The standard InChI is InChI=1S/C17H18N6O2/c1-3-23-9-14(15(22-23)16(18)24)19-17(25)13-8-12(20-21-13)11-6-4-10(2)5-7-11/h4-9H,3H2,1-2H3,(H2,18,24)(H,19,25)(H,20,21). The number of hydrogen-bond acceptors (Lipinski definition) is 4. The molecule has 2 heterocycles. The summed E-state index contributed by atoms with van der Waals surface area (Å²) in [5.41, 5.74) is 8.57. The van der Waals surface area contributed by atoms with Crippen molar-refractivity contribution in [2.24, 2.45) is 5.73 Å². The lowest BCUT2D eigenvalue weighted by atomic mass is 10.1. The fourth-order valence-corrected chi connectivity index (χ4v) is 2.36. The topological polar surface area (TPSA) is 119 Å². The van der Waals surface area contributed by atoms with Crippen LogP contribution in [-0.2, 0) is 6.54 Å². The number of nitrogens with two attached hydrogens (primary N) is 1. The van der Waals surface area contributed by atoms with Crippen LogP contribution in [0.5, 0.6) is 0 Å². The van der Waals surface area contributed by atoms with E-state index >= 15 is 0 Å². The fraction of sp³-hybridized carbons (Fsp3) is 0.176. The number of aromatic amines is 1. The van der Waals surface area contributed by atoms with E-state index in [0.717, 1.165) is 11.1 Å². The number of carbonyl (C=O) groups is 2. The van der Waals surface area contributed by atoms with Crippen LogP contribution in [0.4, 0.5) is 5.69 Å². The van der Waals surface area contributed by atoms with E-state index in [4.69, 9.17) is 5.73 Å². The van der Waals surface area contributed by atoms with Gasteiger partial charge in [0.25, 0.3) is 11.8 Å². The third-order valence-corrected chi connectivity index (χ3v) is 3.74. The number of carbonyl (C=O) groups excluding carboxylic acids is 2. The number of H-pyrrole nitrogens is 1. The van der Waals surface area contributed by atoms with E-state index in [1.165, 1.54) is 4.68 Å². The van der Waals surface area contributed by atoms with Crippen LogP contribution in [0.2, 0.25) is 0 Å². The highest BCUT2D eigenvalue weighted by molar-refractivity contribution is 6.07. The number of nitrogens with zero attached hydrogens (tertiary/aromatic N) is 3. The minimum absolute atomic E-state index is 0.0217. The van der Waals surface area contributed by atoms with Gasteiger partial charge >= 0.3 is 0 Å². The zero-order valence-corrected chi connectivity index (χ0v) is 13.9. The highest BCUT2D eigenvalue weighted by Crippen LogP contribution is 2.19. The second kappa shape index (κ2) is 6.60. The van der Waals surface area contributed by atoms with Crippen molar-refractivity contribution in [1.29, 1.82) is 0 Å². The SMILES string of the molecule is CCn1cc(NC(=O)c2cc(-c3ccc(C)cc3)n[nH]2)c(C(N)=O)n1. The minimum atomic E-state index is -0.701. The van der Waals surface area contributed by atoms with E-state index in [0.29, 0.717) is 12.2 Å². The Morgan fingerprint density at radius 3 is 2.64 bits per heavy atom. The van der Waals surface area contributed by atoms with Crippen molar-refractivity contribution in [3.05, 3.63) is 53.5 Å². The number of rotatable bonds is 5. The third kappa shape index (κ3) is 3.42. The fourth-order valence-electron chi connectivity index (χ4n) is 2.36. The number of aryl methyl sites for hydroxylation is 2. The summed E-state index contributed by atoms with van der Waals surface area (Å²) in [6.07, 6.45) is 1.56. The Morgan fingerprint density at radius 2 is 2.00 bits per heavy atom. The van der Waals surface area contributed by atoms with Gasteiger partial charge < -0.3 is 11.1 Å². The van der Waals surface area contributed by atoms with Crippen LogP contribution in [0.25, 0.3) is 11.3 Å². The molecule has 0 atom stereocenters. The minimum Gasteiger partial charge on any atom is -0.364 e. The summed E-state index contributed by atoms with van der Waals surface area (Å²) in [6, 6.07) is 9.46. The molecule has 25 heavy (non-hydrogen) atoms. The van der Waals surface area contributed by atoms with E-state index in [1.807, 2.05) is 38.1 Å². The molecule has 8 nitrogen and oxygen atoms in total. The molecule has 0 saturated carbocycles. The Hall–Kier alpha value is -3.42. The molecular weight excluding hydrogens is 320 g/mol. The molecule has 0 radical (unpaired) electrons. The number of benzene rings is 1. The van der Waals surface area contributed by atoms with E-state index < -0.39 is 11.8 Å². The van der Waals surface area contributed by atoms with E-state index in [-0.39, 0.29) is 17.1 Å². The number of hydrogen-bond donors (Lipinski definition) is 3. The first-order chi connectivity index (χ1) is 12.0. The van der Waals surface area contributed by atoms with Gasteiger partial charge in [-0.05, 0) is 19.9 Å². The molecule has 4 N–H and O–H groups in total. The molecule has 0 bridgehead atoms. The number of aromatic nitrogens is 4. The van der Waals surface area contributed by atoms with Crippen molar-refractivity contribution in [2.45, 2.75) is 20.4 Å². The first-order valence-electron chi connectivity index (χ1n) is 7.79. The molecule has 0 saturated heterocycles. The zero-order valence-electron chi connectivity index (χ0n) is 13.9. The Labute approximate surface area is 144 Å². The summed E-state index contributed by atoms with van der Waals surface area (Å²) in [6.45, 7) is 4.42. The van der Waals surface area contributed by atoms with Gasteiger partial charge in [0, 0.05) is 18.3 Å². The highest BCUT2D eigenvalue weighted by atomic mass is 16.2. The monoisotopic (exact) mass is 338 g/mol. The Balaban J connectivity index is 1.82. The van der Waals surface area contributed by atoms with Crippen molar-refractivity contribution in [3.63, 3.8) is 0 Å². The van der Waals surface area contributed by atoms with Crippen molar-refractivity contribution in [1.82, 2.24) is 20.0 Å². The van der Waals surface area contributed by atoms with E-state index in [9.17, 15) is 9.59 Å². The molecule has 2 amide bonds. The molecule has 0 unspecified atom stereocenters. The molecule has 0 aliphatic rings. The van der Waals surface area contributed by atoms with Crippen LogP contribution in [-0.4, -0.2) is 31.8 Å². The molecule has 1 aromatic carbocycles. The maximum absolute atomic E-state index is 12.4. The first kappa shape index (κ1) is 16.4. The first-order valence-corrected chi connectivity index (χ1v) is 7.79. The summed E-state index contributed by atoms with van der Waals surface area (Å²) in [7, 11) is 0. The van der Waals surface area contributed by atoms with Gasteiger partial charge in [-0.1, -0.05) is 29.8 Å². The smallest absolute Gasteiger partial charge is 0.273 e. The van der Waals surface area contributed by atoms with Gasteiger partial charge in [0.05, 0.1) is 11.4 Å². The van der Waals surface area contributed by atoms with E-state index in [2.05, 4.69) is 20.6 Å². The largest absolute Gasteiger partial charge is 0.364 e. The molecular formula is C17H18N6O2. The normalized spacial score (nSPS) is 10.6. The molecule has 3 rings (SSSR count). The molecule has 128 valence electrons. The lowest BCUT2D eigenvalue weighted by Crippen LogP contribution is -2.18. The van der Waals surface area contributed by atoms with Gasteiger partial charge in [-0.15, -0.1) is 0 Å². The summed E-state index contributed by atoms with van der Waals surface area (Å²) >= 11 is 0. The van der Waals surface area contributed by atoms with Gasteiger partial charge in [0.15, 0.2) is 5.69 Å². The predicted octanol–water partition coefficient (Wildman–Crippen LogP) is 1.95. The molecule has 0 spiro atoms. The molecule has 0 fully saturated rings. The lowest BCUT2D eigenvalue weighted by Gasteiger charge is -2.01. The van der Waals surface area contributed by atoms with Crippen LogP contribution in [0, 0.1) is 6.92 Å². The van der Waals surface area contributed by atoms with Gasteiger partial charge in [-0.2, -0.15) is 10.2 Å². The van der Waals surface area contributed by atoms with E-state index in [1.54, 1.807) is 12.3 Å². The number of amides is 2. The maximum atomic E-state index is 12.4. The van der Waals surface area contributed by atoms with Crippen molar-refractivity contribution >= 4 is 17.5 Å². The number of anilines is 1. The molecule has 3 aromatic rings. The van der Waals surface area contributed by atoms with Gasteiger partial charge in [0.2, 0.25) is 0 Å². The predicted molar refractivity (Wildman–Crippen MR) is 93.1 cm³/mol. The zero-order chi connectivity index (χ0) is 18.0. The van der Waals surface area contributed by atoms with Crippen LogP contribution in [0.15, 0.2) is 36.5 Å². The van der Waals surface area contributed by atoms with Gasteiger partial charge in [-0.25, -0.2) is 0 Å². The third-order valence-electron chi connectivity index (χ3n) is 3.74. The van der Waals surface area contributed by atoms with Gasteiger partial charge in [-0.3, -0.25) is 19.4 Å². The summed E-state index contributed by atoms with van der Waals surface area (Å²) in [4.78, 5) is 23.9. The Morgan fingerprint density at radius 1 is 1.28 bits per heavy atom. The van der Waals surface area contributed by atoms with Crippen LogP contribution < -0.4 is 11.1 Å². The van der Waals surface area contributed by atoms with Crippen LogP contribution >= 0.6 is 0 Å². The molecule has 0 aliphatic carbocycles. The second-order valence-corrected chi connectivity index (χ2v) is 5.60. The molecule has 2 aromatic heterocycles. The average Bonchev–Trinajstić information content (AvgIpc) is 3.22. The van der Waals surface area contributed by atoms with Crippen LogP contribution in [0.3, 0.4) is 0 Å². The summed E-state index contributed by atoms with van der Waals surface area (Å²) < 4.78 is 1.53. The van der Waals surface area contributed by atoms with Gasteiger partial charge in [0.1, 0.15) is 5.69 Å². The Bertz CT molecular complexity index is 923. The number of primary amides is 1. The average molecular weight is 338 g/mol. The summed E-state index contributed by atoms with van der Waals surface area (Å²) in [5, 5.41) is 13.5.